The monoisotopic (exact) mass is 505 g/mol. The summed E-state index contributed by atoms with van der Waals surface area (Å²) in [7, 11) is 0. The maximum absolute atomic E-state index is 13.9. The van der Waals surface area contributed by atoms with Gasteiger partial charge in [0.1, 0.15) is 11.5 Å². The molecule has 0 spiro atoms. The molecule has 6 aromatic rings. The number of hydrogen-bond donors (Lipinski definition) is 3. The van der Waals surface area contributed by atoms with E-state index in [4.69, 9.17) is 4.98 Å². The maximum Gasteiger partial charge on any atom is 0.159 e. The first kappa shape index (κ1) is 23.8. The molecule has 0 aliphatic heterocycles. The number of pyridine rings is 2. The average molecular weight is 506 g/mol. The zero-order valence-electron chi connectivity index (χ0n) is 21.5. The van der Waals surface area contributed by atoms with Crippen molar-refractivity contribution in [2.75, 3.05) is 11.9 Å². The normalized spacial score (nSPS) is 11.9. The van der Waals surface area contributed by atoms with Gasteiger partial charge in [0.05, 0.1) is 28.4 Å². The molecule has 0 saturated carbocycles. The van der Waals surface area contributed by atoms with Crippen molar-refractivity contribution in [3.05, 3.63) is 79.1 Å². The highest BCUT2D eigenvalue weighted by Gasteiger charge is 2.17. The van der Waals surface area contributed by atoms with Crippen LogP contribution < -0.4 is 5.32 Å². The first-order valence-corrected chi connectivity index (χ1v) is 12.6. The zero-order valence-corrected chi connectivity index (χ0v) is 21.5. The van der Waals surface area contributed by atoms with Gasteiger partial charge in [-0.15, -0.1) is 0 Å². The van der Waals surface area contributed by atoms with E-state index >= 15 is 0 Å². The Labute approximate surface area is 219 Å². The van der Waals surface area contributed by atoms with Crippen LogP contribution >= 0.6 is 0 Å². The molecule has 38 heavy (non-hydrogen) atoms. The summed E-state index contributed by atoms with van der Waals surface area (Å²) in [6.07, 6.45) is 8.22. The number of rotatable bonds is 6. The molecule has 0 aliphatic carbocycles. The molecular formula is C30H28FN7. The van der Waals surface area contributed by atoms with Crippen molar-refractivity contribution >= 4 is 27.6 Å². The zero-order chi connectivity index (χ0) is 26.3. The summed E-state index contributed by atoms with van der Waals surface area (Å²) in [5.41, 5.74) is 7.87. The number of nitrogens with zero attached hydrogens (tertiary/aromatic N) is 4. The molecule has 0 aliphatic rings. The Balaban J connectivity index is 1.36. The molecule has 8 heteroatoms. The molecule has 2 aromatic carbocycles. The highest BCUT2D eigenvalue weighted by atomic mass is 19.1. The van der Waals surface area contributed by atoms with Gasteiger partial charge in [0.2, 0.25) is 0 Å². The number of imidazole rings is 1. The molecule has 4 aromatic heterocycles. The predicted molar refractivity (Wildman–Crippen MR) is 150 cm³/mol. The Kier molecular flexibility index (Phi) is 5.87. The molecule has 7 nitrogen and oxygen atoms in total. The van der Waals surface area contributed by atoms with Gasteiger partial charge in [0, 0.05) is 41.6 Å². The summed E-state index contributed by atoms with van der Waals surface area (Å²) < 4.78 is 13.9. The molecular weight excluding hydrogens is 477 g/mol. The van der Waals surface area contributed by atoms with Gasteiger partial charge in [0.15, 0.2) is 5.82 Å². The Morgan fingerprint density at radius 3 is 2.58 bits per heavy atom. The lowest BCUT2D eigenvalue weighted by Gasteiger charge is -2.18. The van der Waals surface area contributed by atoms with Gasteiger partial charge in [-0.1, -0.05) is 39.0 Å². The topological polar surface area (TPSA) is 95.2 Å². The molecule has 0 fully saturated rings. The summed E-state index contributed by atoms with van der Waals surface area (Å²) in [6.45, 7) is 7.60. The Morgan fingerprint density at radius 1 is 0.868 bits per heavy atom. The van der Waals surface area contributed by atoms with E-state index in [9.17, 15) is 4.39 Å². The molecule has 0 radical (unpaired) electrons. The number of benzene rings is 2. The van der Waals surface area contributed by atoms with Crippen molar-refractivity contribution in [1.82, 2.24) is 30.1 Å². The number of anilines is 1. The molecule has 6 rings (SSSR count). The SMILES string of the molecule is CC(C)(C)CCNc1cncc(-c2ccc3[nH]nc(-c4nc5c(-c6cccc(F)c6)cncc5[nH]4)c3c2)c1. The molecule has 3 N–H and O–H groups in total. The largest absolute Gasteiger partial charge is 0.384 e. The minimum Gasteiger partial charge on any atom is -0.384 e. The number of H-pyrrole nitrogens is 2. The van der Waals surface area contributed by atoms with E-state index in [-0.39, 0.29) is 11.2 Å². The van der Waals surface area contributed by atoms with E-state index in [1.807, 2.05) is 24.5 Å². The lowest BCUT2D eigenvalue weighted by Crippen LogP contribution is -2.12. The van der Waals surface area contributed by atoms with Gasteiger partial charge in [-0.25, -0.2) is 9.37 Å². The van der Waals surface area contributed by atoms with Crippen molar-refractivity contribution in [2.24, 2.45) is 5.41 Å². The summed E-state index contributed by atoms with van der Waals surface area (Å²) in [6, 6.07) is 14.7. The molecule has 190 valence electrons. The van der Waals surface area contributed by atoms with Crippen molar-refractivity contribution < 1.29 is 4.39 Å². The number of aromatic amines is 2. The van der Waals surface area contributed by atoms with Crippen LogP contribution in [-0.2, 0) is 0 Å². The highest BCUT2D eigenvalue weighted by Crippen LogP contribution is 2.33. The Bertz CT molecular complexity index is 1760. The van der Waals surface area contributed by atoms with Crippen molar-refractivity contribution in [2.45, 2.75) is 27.2 Å². The molecule has 0 atom stereocenters. The fourth-order valence-corrected chi connectivity index (χ4v) is 4.56. The predicted octanol–water partition coefficient (Wildman–Crippen LogP) is 7.22. The first-order valence-electron chi connectivity index (χ1n) is 12.6. The van der Waals surface area contributed by atoms with Gasteiger partial charge in [-0.05, 0) is 53.3 Å². The third-order valence-electron chi connectivity index (χ3n) is 6.59. The van der Waals surface area contributed by atoms with Crippen molar-refractivity contribution in [3.8, 4) is 33.8 Å². The van der Waals surface area contributed by atoms with Crippen LogP contribution in [0.1, 0.15) is 27.2 Å². The second-order valence-electron chi connectivity index (χ2n) is 10.7. The van der Waals surface area contributed by atoms with Crippen molar-refractivity contribution in [3.63, 3.8) is 0 Å². The van der Waals surface area contributed by atoms with Crippen LogP contribution in [0, 0.1) is 11.2 Å². The summed E-state index contributed by atoms with van der Waals surface area (Å²) in [5, 5.41) is 12.1. The lowest BCUT2D eigenvalue weighted by molar-refractivity contribution is 0.390. The number of hydrogen-bond acceptors (Lipinski definition) is 5. The van der Waals surface area contributed by atoms with Crippen LogP contribution in [0.25, 0.3) is 55.7 Å². The summed E-state index contributed by atoms with van der Waals surface area (Å²) in [5.74, 6) is 0.314. The van der Waals surface area contributed by atoms with Crippen LogP contribution in [0.15, 0.2) is 73.3 Å². The fourth-order valence-electron chi connectivity index (χ4n) is 4.56. The second-order valence-corrected chi connectivity index (χ2v) is 10.7. The van der Waals surface area contributed by atoms with Crippen LogP contribution in [0.2, 0.25) is 0 Å². The van der Waals surface area contributed by atoms with E-state index < -0.39 is 0 Å². The third-order valence-corrected chi connectivity index (χ3v) is 6.59. The Hall–Kier alpha value is -4.59. The number of fused-ring (bicyclic) bond motifs is 2. The van der Waals surface area contributed by atoms with E-state index in [1.165, 1.54) is 12.1 Å². The molecule has 0 saturated heterocycles. The minimum absolute atomic E-state index is 0.269. The summed E-state index contributed by atoms with van der Waals surface area (Å²) in [4.78, 5) is 17.0. The van der Waals surface area contributed by atoms with E-state index in [0.717, 1.165) is 57.3 Å². The van der Waals surface area contributed by atoms with Gasteiger partial charge in [0.25, 0.3) is 0 Å². The van der Waals surface area contributed by atoms with E-state index in [2.05, 4.69) is 69.4 Å². The average Bonchev–Trinajstić information content (AvgIpc) is 3.51. The highest BCUT2D eigenvalue weighted by molar-refractivity contribution is 5.98. The van der Waals surface area contributed by atoms with Crippen LogP contribution in [-0.4, -0.2) is 36.7 Å². The summed E-state index contributed by atoms with van der Waals surface area (Å²) >= 11 is 0. The molecule has 4 heterocycles. The second kappa shape index (κ2) is 9.37. The Morgan fingerprint density at radius 2 is 1.74 bits per heavy atom. The van der Waals surface area contributed by atoms with E-state index in [0.29, 0.717) is 17.0 Å². The number of aromatic nitrogens is 6. The standard InChI is InChI=1S/C30H28FN7/c1-30(2,3)9-10-34-22-12-20(14-32-15-22)18-7-8-25-23(13-18)28(38-37-25)29-35-26-17-33-16-24(27(26)36-29)19-5-4-6-21(31)11-19/h4-8,11-17,34H,9-10H2,1-3H3,(H,35,36)(H,37,38). The van der Waals surface area contributed by atoms with Crippen molar-refractivity contribution in [1.29, 1.82) is 0 Å². The van der Waals surface area contributed by atoms with Gasteiger partial charge >= 0.3 is 0 Å². The molecule has 0 unspecified atom stereocenters. The smallest absolute Gasteiger partial charge is 0.159 e. The van der Waals surface area contributed by atoms with Gasteiger partial charge < -0.3 is 10.3 Å². The molecule has 0 bridgehead atoms. The maximum atomic E-state index is 13.9. The first-order chi connectivity index (χ1) is 18.3. The van der Waals surface area contributed by atoms with Crippen LogP contribution in [0.5, 0.6) is 0 Å². The quantitative estimate of drug-likeness (QED) is 0.222. The number of nitrogens with one attached hydrogen (secondary N) is 3. The van der Waals surface area contributed by atoms with Crippen LogP contribution in [0.4, 0.5) is 10.1 Å². The van der Waals surface area contributed by atoms with Crippen LogP contribution in [0.3, 0.4) is 0 Å². The molecule has 0 amide bonds. The lowest BCUT2D eigenvalue weighted by atomic mass is 9.92. The van der Waals surface area contributed by atoms with E-state index in [1.54, 1.807) is 18.5 Å². The van der Waals surface area contributed by atoms with Gasteiger partial charge in [-0.3, -0.25) is 15.1 Å². The van der Waals surface area contributed by atoms with Gasteiger partial charge in [-0.2, -0.15) is 5.10 Å². The number of halogens is 1. The fraction of sp³-hybridized carbons (Fsp3) is 0.200. The third kappa shape index (κ3) is 4.72. The minimum atomic E-state index is -0.302.